The molecule has 0 unspecified atom stereocenters. The second-order valence-corrected chi connectivity index (χ2v) is 5.66. The van der Waals surface area contributed by atoms with E-state index >= 15 is 0 Å². The summed E-state index contributed by atoms with van der Waals surface area (Å²) in [5.74, 6) is -5.02. The van der Waals surface area contributed by atoms with Crippen molar-refractivity contribution in [3.63, 3.8) is 0 Å². The average molecular weight is 273 g/mol. The van der Waals surface area contributed by atoms with Crippen LogP contribution >= 0.6 is 10.7 Å². The number of phenols is 1. The molecule has 4 nitrogen and oxygen atoms in total. The summed E-state index contributed by atoms with van der Waals surface area (Å²) in [6.45, 7) is 0. The fourth-order valence-corrected chi connectivity index (χ4v) is 2.02. The molecule has 1 N–H and O–H groups in total. The summed E-state index contributed by atoms with van der Waals surface area (Å²) in [5.41, 5.74) is -0.855. The molecular weight excluding hydrogens is 266 g/mol. The van der Waals surface area contributed by atoms with Crippen molar-refractivity contribution in [3.05, 3.63) is 23.3 Å². The largest absolute Gasteiger partial charge is 0.505 e. The molecule has 8 heteroatoms. The van der Waals surface area contributed by atoms with Crippen LogP contribution in [0.5, 0.6) is 11.5 Å². The first-order valence-electron chi connectivity index (χ1n) is 3.92. The van der Waals surface area contributed by atoms with Crippen molar-refractivity contribution in [3.8, 4) is 11.5 Å². The van der Waals surface area contributed by atoms with Crippen LogP contribution in [0, 0.1) is 11.6 Å². The maximum Gasteiger partial charge on any atom is 0.236 e. The molecule has 0 radical (unpaired) electrons. The summed E-state index contributed by atoms with van der Waals surface area (Å²) in [4.78, 5) is 0. The maximum atomic E-state index is 13.4. The van der Waals surface area contributed by atoms with E-state index in [2.05, 4.69) is 4.74 Å². The second kappa shape index (κ2) is 4.42. The van der Waals surface area contributed by atoms with Gasteiger partial charge in [-0.15, -0.1) is 0 Å². The molecule has 0 aliphatic rings. The molecule has 0 aliphatic carbocycles. The van der Waals surface area contributed by atoms with Crippen LogP contribution in [0.15, 0.2) is 6.07 Å². The maximum absolute atomic E-state index is 13.4. The van der Waals surface area contributed by atoms with Gasteiger partial charge in [0.15, 0.2) is 23.1 Å². The zero-order chi connectivity index (χ0) is 12.5. The predicted molar refractivity (Wildman–Crippen MR) is 53.1 cm³/mol. The van der Waals surface area contributed by atoms with Crippen LogP contribution in [0.1, 0.15) is 5.56 Å². The quantitative estimate of drug-likeness (QED) is 0.852. The third-order valence-electron chi connectivity index (χ3n) is 1.78. The van der Waals surface area contributed by atoms with Crippen molar-refractivity contribution < 1.29 is 27.0 Å². The van der Waals surface area contributed by atoms with E-state index in [1.165, 1.54) is 0 Å². The number of methoxy groups -OCH3 is 1. The molecule has 0 spiro atoms. The number of benzene rings is 1. The lowest BCUT2D eigenvalue weighted by atomic mass is 10.2. The summed E-state index contributed by atoms with van der Waals surface area (Å²) in [6.07, 6.45) is 0. The van der Waals surface area contributed by atoms with Crippen LogP contribution in [0.2, 0.25) is 0 Å². The van der Waals surface area contributed by atoms with E-state index in [4.69, 9.17) is 15.8 Å². The monoisotopic (exact) mass is 272 g/mol. The Bertz CT molecular complexity index is 515. The van der Waals surface area contributed by atoms with E-state index in [0.717, 1.165) is 7.11 Å². The molecule has 16 heavy (non-hydrogen) atoms. The van der Waals surface area contributed by atoms with Crippen LogP contribution in [0.3, 0.4) is 0 Å². The van der Waals surface area contributed by atoms with Gasteiger partial charge < -0.3 is 9.84 Å². The molecule has 0 atom stereocenters. The number of halogens is 3. The Kier molecular flexibility index (Phi) is 3.59. The van der Waals surface area contributed by atoms with Gasteiger partial charge in [0.25, 0.3) is 0 Å². The van der Waals surface area contributed by atoms with E-state index < -0.39 is 43.5 Å². The van der Waals surface area contributed by atoms with Crippen molar-refractivity contribution in [2.45, 2.75) is 5.75 Å². The molecule has 0 aromatic heterocycles. The van der Waals surface area contributed by atoms with Crippen LogP contribution in [0.25, 0.3) is 0 Å². The Labute approximate surface area is 94.8 Å². The minimum absolute atomic E-state index is 0.464. The third-order valence-corrected chi connectivity index (χ3v) is 2.74. The highest BCUT2D eigenvalue weighted by Crippen LogP contribution is 2.31. The van der Waals surface area contributed by atoms with Crippen molar-refractivity contribution in [2.75, 3.05) is 7.11 Å². The van der Waals surface area contributed by atoms with Crippen LogP contribution in [0.4, 0.5) is 8.78 Å². The normalized spacial score (nSPS) is 11.5. The molecule has 0 amide bonds. The molecular formula is C8H7ClF2O4S. The Hall–Kier alpha value is -1.08. The third kappa shape index (κ3) is 2.73. The first-order valence-corrected chi connectivity index (χ1v) is 6.40. The number of aromatic hydroxyl groups is 1. The first kappa shape index (κ1) is 13.0. The Morgan fingerprint density at radius 3 is 2.44 bits per heavy atom. The second-order valence-electron chi connectivity index (χ2n) is 2.89. The molecule has 0 heterocycles. The highest BCUT2D eigenvalue weighted by Gasteiger charge is 2.22. The van der Waals surface area contributed by atoms with E-state index in [1.807, 2.05) is 0 Å². The molecule has 0 aliphatic heterocycles. The molecule has 0 saturated carbocycles. The van der Waals surface area contributed by atoms with E-state index in [1.54, 1.807) is 0 Å². The summed E-state index contributed by atoms with van der Waals surface area (Å²) in [7, 11) is 1.83. The zero-order valence-electron chi connectivity index (χ0n) is 8.00. The lowest BCUT2D eigenvalue weighted by molar-refractivity contribution is 0.367. The van der Waals surface area contributed by atoms with Gasteiger partial charge in [-0.3, -0.25) is 0 Å². The van der Waals surface area contributed by atoms with Crippen molar-refractivity contribution >= 4 is 19.7 Å². The lowest BCUT2D eigenvalue weighted by Gasteiger charge is -2.08. The summed E-state index contributed by atoms with van der Waals surface area (Å²) < 4.78 is 52.6. The highest BCUT2D eigenvalue weighted by atomic mass is 35.7. The van der Waals surface area contributed by atoms with Crippen molar-refractivity contribution in [2.24, 2.45) is 0 Å². The lowest BCUT2D eigenvalue weighted by Crippen LogP contribution is -2.04. The van der Waals surface area contributed by atoms with E-state index in [-0.39, 0.29) is 0 Å². The van der Waals surface area contributed by atoms with Gasteiger partial charge in [0.05, 0.1) is 12.9 Å². The Morgan fingerprint density at radius 2 is 2.00 bits per heavy atom. The molecule has 1 rings (SSSR count). The fourth-order valence-electron chi connectivity index (χ4n) is 1.10. The van der Waals surface area contributed by atoms with Crippen molar-refractivity contribution in [1.29, 1.82) is 0 Å². The Morgan fingerprint density at radius 1 is 1.44 bits per heavy atom. The molecule has 0 saturated heterocycles. The van der Waals surface area contributed by atoms with Gasteiger partial charge in [0.1, 0.15) is 0 Å². The van der Waals surface area contributed by atoms with Gasteiger partial charge in [-0.05, 0) is 0 Å². The minimum atomic E-state index is -4.14. The smallest absolute Gasteiger partial charge is 0.236 e. The zero-order valence-corrected chi connectivity index (χ0v) is 9.57. The van der Waals surface area contributed by atoms with Gasteiger partial charge in [-0.2, -0.15) is 0 Å². The van der Waals surface area contributed by atoms with E-state index in [0.29, 0.717) is 6.07 Å². The number of phenolic OH excluding ortho intramolecular Hbond substituents is 1. The summed E-state index contributed by atoms with van der Waals surface area (Å²) >= 11 is 0. The fraction of sp³-hybridized carbons (Fsp3) is 0.250. The van der Waals surface area contributed by atoms with Gasteiger partial charge in [-0.25, -0.2) is 17.2 Å². The van der Waals surface area contributed by atoms with Crippen molar-refractivity contribution in [1.82, 2.24) is 0 Å². The van der Waals surface area contributed by atoms with E-state index in [9.17, 15) is 17.2 Å². The summed E-state index contributed by atoms with van der Waals surface area (Å²) in [6, 6.07) is 0.703. The Balaban J connectivity index is 3.42. The number of hydrogen-bond donors (Lipinski definition) is 1. The predicted octanol–water partition coefficient (Wildman–Crippen LogP) is 1.75. The number of rotatable bonds is 3. The molecule has 90 valence electrons. The first-order chi connectivity index (χ1) is 7.26. The van der Waals surface area contributed by atoms with Crippen LogP contribution < -0.4 is 4.74 Å². The molecule has 1 aromatic carbocycles. The van der Waals surface area contributed by atoms with Crippen LogP contribution in [-0.2, 0) is 14.8 Å². The number of ether oxygens (including phenoxy) is 1. The number of hydrogen-bond acceptors (Lipinski definition) is 4. The molecule has 1 aromatic rings. The van der Waals surface area contributed by atoms with Gasteiger partial charge in [0, 0.05) is 22.3 Å². The summed E-state index contributed by atoms with van der Waals surface area (Å²) in [5, 5.41) is 9.07. The van der Waals surface area contributed by atoms with Crippen LogP contribution in [-0.4, -0.2) is 20.6 Å². The van der Waals surface area contributed by atoms with Gasteiger partial charge in [-0.1, -0.05) is 0 Å². The highest BCUT2D eigenvalue weighted by molar-refractivity contribution is 8.13. The van der Waals surface area contributed by atoms with Gasteiger partial charge in [0.2, 0.25) is 9.05 Å². The molecule has 0 bridgehead atoms. The average Bonchev–Trinajstić information content (AvgIpc) is 2.17. The minimum Gasteiger partial charge on any atom is -0.505 e. The molecule has 0 fully saturated rings. The van der Waals surface area contributed by atoms with Gasteiger partial charge >= 0.3 is 0 Å². The standard InChI is InChI=1S/C8H7ClF2O4S/c1-15-6-2-5(12)7(10)4(8(6)11)3-16(9,13)14/h2,12H,3H2,1H3. The topological polar surface area (TPSA) is 63.6 Å². The SMILES string of the molecule is COc1cc(O)c(F)c(CS(=O)(=O)Cl)c1F.